The van der Waals surface area contributed by atoms with E-state index in [4.69, 9.17) is 0 Å². The number of rotatable bonds is 12. The number of carbonyl (C=O) groups excluding carboxylic acids is 2. The molecule has 4 nitrogen and oxygen atoms in total. The van der Waals surface area contributed by atoms with Crippen molar-refractivity contribution in [2.24, 2.45) is 0 Å². The Morgan fingerprint density at radius 3 is 1.00 bits per heavy atom. The molecule has 0 unspecified atom stereocenters. The van der Waals surface area contributed by atoms with Crippen LogP contribution in [0.25, 0.3) is 0 Å². The minimum atomic E-state index is -4.84. The van der Waals surface area contributed by atoms with Gasteiger partial charge < -0.3 is 10.6 Å². The van der Waals surface area contributed by atoms with Crippen LogP contribution in [0.4, 0.5) is 26.3 Å². The van der Waals surface area contributed by atoms with Crippen LogP contribution < -0.4 is 10.6 Å². The highest BCUT2D eigenvalue weighted by molar-refractivity contribution is 5.81. The van der Waals surface area contributed by atoms with Gasteiger partial charge in [-0.05, 0) is 12.8 Å². The van der Waals surface area contributed by atoms with Crippen molar-refractivity contribution in [2.75, 3.05) is 13.1 Å². The Kier molecular flexibility index (Phi) is 11.3. The lowest BCUT2D eigenvalue weighted by atomic mass is 10.1. The Morgan fingerprint density at radius 1 is 0.520 bits per heavy atom. The van der Waals surface area contributed by atoms with Crippen molar-refractivity contribution in [1.29, 1.82) is 0 Å². The summed E-state index contributed by atoms with van der Waals surface area (Å²) in [6.07, 6.45) is -2.79. The van der Waals surface area contributed by atoms with Crippen LogP contribution in [0.3, 0.4) is 0 Å². The lowest BCUT2D eigenvalue weighted by Crippen LogP contribution is -2.37. The first-order valence-electron chi connectivity index (χ1n) is 8.25. The van der Waals surface area contributed by atoms with E-state index in [-0.39, 0.29) is 13.1 Å². The van der Waals surface area contributed by atoms with E-state index < -0.39 is 24.2 Å². The minimum Gasteiger partial charge on any atom is -0.348 e. The van der Waals surface area contributed by atoms with Crippen molar-refractivity contribution in [1.82, 2.24) is 10.6 Å². The quantitative estimate of drug-likeness (QED) is 0.400. The highest BCUT2D eigenvalue weighted by Crippen LogP contribution is 2.15. The van der Waals surface area contributed by atoms with Gasteiger partial charge in [0.1, 0.15) is 0 Å². The molecule has 10 heteroatoms. The van der Waals surface area contributed by atoms with Crippen LogP contribution in [0.15, 0.2) is 0 Å². The molecule has 0 spiro atoms. The number of unbranched alkanes of at least 4 members (excludes halogenated alkanes) is 8. The van der Waals surface area contributed by atoms with Crippen LogP contribution in [0.1, 0.15) is 57.8 Å². The molecule has 2 amide bonds. The van der Waals surface area contributed by atoms with Crippen LogP contribution in [0, 0.1) is 0 Å². The molecule has 0 rings (SSSR count). The fourth-order valence-corrected chi connectivity index (χ4v) is 2.09. The summed E-state index contributed by atoms with van der Waals surface area (Å²) < 4.78 is 71.3. The normalized spacial score (nSPS) is 12.1. The Morgan fingerprint density at radius 2 is 0.760 bits per heavy atom. The second kappa shape index (κ2) is 12.0. The monoisotopic (exact) mass is 378 g/mol. The van der Waals surface area contributed by atoms with Crippen LogP contribution in [0.5, 0.6) is 0 Å². The van der Waals surface area contributed by atoms with Gasteiger partial charge in [0.2, 0.25) is 0 Å². The van der Waals surface area contributed by atoms with Crippen molar-refractivity contribution >= 4 is 11.8 Å². The van der Waals surface area contributed by atoms with E-state index in [1.165, 1.54) is 0 Å². The van der Waals surface area contributed by atoms with Crippen molar-refractivity contribution in [3.63, 3.8) is 0 Å². The van der Waals surface area contributed by atoms with E-state index in [0.29, 0.717) is 12.8 Å². The summed E-state index contributed by atoms with van der Waals surface area (Å²) in [7, 11) is 0. The zero-order valence-electron chi connectivity index (χ0n) is 13.9. The van der Waals surface area contributed by atoms with E-state index in [0.717, 1.165) is 44.9 Å². The topological polar surface area (TPSA) is 58.2 Å². The summed E-state index contributed by atoms with van der Waals surface area (Å²) in [5.41, 5.74) is 0. The summed E-state index contributed by atoms with van der Waals surface area (Å²) in [6.45, 7) is 0.00395. The molecule has 0 saturated heterocycles. The third-order valence-electron chi connectivity index (χ3n) is 3.44. The third kappa shape index (κ3) is 13.5. The van der Waals surface area contributed by atoms with E-state index >= 15 is 0 Å². The highest BCUT2D eigenvalue weighted by Gasteiger charge is 2.38. The molecule has 0 aromatic heterocycles. The SMILES string of the molecule is O=C(NCCCCCCCCCCCNC(=O)C(F)(F)F)C(F)(F)F. The second-order valence-electron chi connectivity index (χ2n) is 5.69. The average molecular weight is 378 g/mol. The van der Waals surface area contributed by atoms with Gasteiger partial charge >= 0.3 is 24.2 Å². The first-order valence-corrected chi connectivity index (χ1v) is 8.25. The maximum absolute atomic E-state index is 11.9. The molecule has 0 aromatic carbocycles. The van der Waals surface area contributed by atoms with Crippen LogP contribution in [-0.2, 0) is 9.59 Å². The summed E-state index contributed by atoms with van der Waals surface area (Å²) >= 11 is 0. The van der Waals surface area contributed by atoms with Crippen molar-refractivity contribution in [3.05, 3.63) is 0 Å². The minimum absolute atomic E-state index is 0.00197. The highest BCUT2D eigenvalue weighted by atomic mass is 19.4. The van der Waals surface area contributed by atoms with Gasteiger partial charge in [0.15, 0.2) is 0 Å². The average Bonchev–Trinajstić information content (AvgIpc) is 2.49. The molecule has 148 valence electrons. The zero-order chi connectivity index (χ0) is 19.3. The van der Waals surface area contributed by atoms with Gasteiger partial charge in [0.05, 0.1) is 0 Å². The number of hydrogen-bond donors (Lipinski definition) is 2. The molecular weight excluding hydrogens is 354 g/mol. The van der Waals surface area contributed by atoms with E-state index in [2.05, 4.69) is 0 Å². The van der Waals surface area contributed by atoms with Gasteiger partial charge in [-0.1, -0.05) is 44.9 Å². The smallest absolute Gasteiger partial charge is 0.348 e. The maximum atomic E-state index is 11.9. The fourth-order valence-electron chi connectivity index (χ4n) is 2.09. The van der Waals surface area contributed by atoms with Gasteiger partial charge in [-0.3, -0.25) is 9.59 Å². The van der Waals surface area contributed by atoms with Gasteiger partial charge in [-0.2, -0.15) is 26.3 Å². The number of hydrogen-bond acceptors (Lipinski definition) is 2. The standard InChI is InChI=1S/C15H24F6N2O2/c16-14(17,18)12(24)22-10-8-6-4-2-1-3-5-7-9-11-23-13(25)15(19,20)21/h1-11H2,(H,22,24)(H,23,25). The largest absolute Gasteiger partial charge is 0.471 e. The molecule has 0 atom stereocenters. The maximum Gasteiger partial charge on any atom is 0.471 e. The molecule has 0 aromatic rings. The fraction of sp³-hybridized carbons (Fsp3) is 0.867. The van der Waals surface area contributed by atoms with Gasteiger partial charge in [0, 0.05) is 13.1 Å². The molecule has 0 heterocycles. The summed E-state index contributed by atoms with van der Waals surface area (Å²) in [5.74, 6) is -3.84. The molecule has 0 aliphatic carbocycles. The number of amides is 2. The van der Waals surface area contributed by atoms with E-state index in [1.807, 2.05) is 0 Å². The summed E-state index contributed by atoms with van der Waals surface area (Å²) in [6, 6.07) is 0. The summed E-state index contributed by atoms with van der Waals surface area (Å²) in [4.78, 5) is 21.0. The number of nitrogens with one attached hydrogen (secondary N) is 2. The zero-order valence-corrected chi connectivity index (χ0v) is 13.9. The molecule has 0 fully saturated rings. The third-order valence-corrected chi connectivity index (χ3v) is 3.44. The van der Waals surface area contributed by atoms with Crippen LogP contribution in [0.2, 0.25) is 0 Å². The molecule has 25 heavy (non-hydrogen) atoms. The predicted octanol–water partition coefficient (Wildman–Crippen LogP) is 3.85. The predicted molar refractivity (Wildman–Crippen MR) is 79.7 cm³/mol. The summed E-state index contributed by atoms with van der Waals surface area (Å²) in [5, 5.41) is 3.61. The lowest BCUT2D eigenvalue weighted by molar-refractivity contribution is -0.173. The number of carbonyl (C=O) groups is 2. The van der Waals surface area contributed by atoms with E-state index in [9.17, 15) is 35.9 Å². The Labute approximate surface area is 142 Å². The molecule has 0 saturated carbocycles. The molecule has 2 N–H and O–H groups in total. The Balaban J connectivity index is 3.30. The van der Waals surface area contributed by atoms with Gasteiger partial charge in [0.25, 0.3) is 0 Å². The molecular formula is C15H24F6N2O2. The molecule has 0 aliphatic rings. The van der Waals surface area contributed by atoms with Crippen molar-refractivity contribution in [3.8, 4) is 0 Å². The molecule has 0 aliphatic heterocycles. The number of alkyl halides is 6. The van der Waals surface area contributed by atoms with Crippen molar-refractivity contribution < 1.29 is 35.9 Å². The van der Waals surface area contributed by atoms with Crippen LogP contribution in [-0.4, -0.2) is 37.3 Å². The lowest BCUT2D eigenvalue weighted by Gasteiger charge is -2.08. The Hall–Kier alpha value is -1.48. The van der Waals surface area contributed by atoms with Gasteiger partial charge in [-0.15, -0.1) is 0 Å². The van der Waals surface area contributed by atoms with Crippen molar-refractivity contribution in [2.45, 2.75) is 70.1 Å². The number of halogens is 6. The second-order valence-corrected chi connectivity index (χ2v) is 5.69. The molecule has 0 radical (unpaired) electrons. The van der Waals surface area contributed by atoms with Crippen LogP contribution >= 0.6 is 0 Å². The van der Waals surface area contributed by atoms with E-state index in [1.54, 1.807) is 10.6 Å². The Bertz CT molecular complexity index is 360. The first kappa shape index (κ1) is 23.5. The first-order chi connectivity index (χ1) is 11.5. The molecule has 0 bridgehead atoms. The van der Waals surface area contributed by atoms with Gasteiger partial charge in [-0.25, -0.2) is 0 Å².